The summed E-state index contributed by atoms with van der Waals surface area (Å²) < 4.78 is 22.6. The summed E-state index contributed by atoms with van der Waals surface area (Å²) in [6, 6.07) is 3.80. The van der Waals surface area contributed by atoms with Crippen LogP contribution in [0.1, 0.15) is 17.2 Å². The zero-order chi connectivity index (χ0) is 11.9. The van der Waals surface area contributed by atoms with Crippen LogP contribution in [0, 0.1) is 0 Å². The van der Waals surface area contributed by atoms with Crippen molar-refractivity contribution in [3.05, 3.63) is 29.3 Å². The summed E-state index contributed by atoms with van der Waals surface area (Å²) in [6.45, 7) is 0.385. The van der Waals surface area contributed by atoms with E-state index < -0.39 is 21.8 Å². The van der Waals surface area contributed by atoms with Gasteiger partial charge in [0.1, 0.15) is 6.04 Å². The highest BCUT2D eigenvalue weighted by Gasteiger charge is 2.28. The van der Waals surface area contributed by atoms with Gasteiger partial charge in [0.2, 0.25) is 0 Å². The summed E-state index contributed by atoms with van der Waals surface area (Å²) in [4.78, 5) is 11.1. The van der Waals surface area contributed by atoms with Gasteiger partial charge in [0.05, 0.1) is 4.90 Å². The van der Waals surface area contributed by atoms with Crippen LogP contribution >= 0.6 is 0 Å². The molecule has 1 heterocycles. The number of hydrogen-bond acceptors (Lipinski definition) is 4. The molecule has 0 amide bonds. The Hall–Kier alpha value is -1.40. The molecular weight excluding hydrogens is 230 g/mol. The van der Waals surface area contributed by atoms with Crippen LogP contribution in [0.4, 0.5) is 0 Å². The maximum Gasteiger partial charge on any atom is 0.325 e. The lowest BCUT2D eigenvalue weighted by molar-refractivity contribution is -0.139. The maximum absolute atomic E-state index is 11.3. The highest BCUT2D eigenvalue weighted by molar-refractivity contribution is 7.90. The molecule has 1 unspecified atom stereocenters. The Kier molecular flexibility index (Phi) is 2.47. The second-order valence-electron chi connectivity index (χ2n) is 3.78. The molecule has 1 atom stereocenters. The van der Waals surface area contributed by atoms with E-state index in [0.29, 0.717) is 12.1 Å². The van der Waals surface area contributed by atoms with Crippen LogP contribution in [0.2, 0.25) is 0 Å². The lowest BCUT2D eigenvalue weighted by atomic mass is 10.1. The van der Waals surface area contributed by atoms with Crippen LogP contribution in [0.3, 0.4) is 0 Å². The number of benzene rings is 1. The standard InChI is InChI=1S/C10H11NO4S/c1-16(14,15)7-2-3-8-6(4-7)5-11-9(8)10(12)13/h2-4,9,11H,5H2,1H3,(H,12,13). The highest BCUT2D eigenvalue weighted by atomic mass is 32.2. The molecule has 1 aliphatic rings. The summed E-state index contributed by atoms with van der Waals surface area (Å²) in [6.07, 6.45) is 1.13. The van der Waals surface area contributed by atoms with E-state index >= 15 is 0 Å². The van der Waals surface area contributed by atoms with Crippen LogP contribution in [0.15, 0.2) is 23.1 Å². The van der Waals surface area contributed by atoms with Crippen molar-refractivity contribution in [1.82, 2.24) is 5.32 Å². The van der Waals surface area contributed by atoms with Crippen molar-refractivity contribution in [2.75, 3.05) is 6.26 Å². The Morgan fingerprint density at radius 3 is 2.75 bits per heavy atom. The number of aliphatic carboxylic acids is 1. The van der Waals surface area contributed by atoms with E-state index in [0.717, 1.165) is 11.8 Å². The zero-order valence-electron chi connectivity index (χ0n) is 8.60. The molecule has 0 saturated carbocycles. The molecule has 2 rings (SSSR count). The fourth-order valence-corrected chi connectivity index (χ4v) is 2.46. The van der Waals surface area contributed by atoms with Gasteiger partial charge in [-0.25, -0.2) is 8.42 Å². The first-order chi connectivity index (χ1) is 7.39. The van der Waals surface area contributed by atoms with Gasteiger partial charge in [0.25, 0.3) is 0 Å². The van der Waals surface area contributed by atoms with E-state index in [1.54, 1.807) is 6.07 Å². The van der Waals surface area contributed by atoms with Gasteiger partial charge >= 0.3 is 5.97 Å². The number of fused-ring (bicyclic) bond motifs is 1. The van der Waals surface area contributed by atoms with Crippen molar-refractivity contribution < 1.29 is 18.3 Å². The van der Waals surface area contributed by atoms with Gasteiger partial charge in [-0.1, -0.05) is 6.07 Å². The van der Waals surface area contributed by atoms with Gasteiger partial charge in [-0.05, 0) is 23.3 Å². The van der Waals surface area contributed by atoms with Gasteiger partial charge in [0.15, 0.2) is 9.84 Å². The maximum atomic E-state index is 11.3. The topological polar surface area (TPSA) is 83.5 Å². The first-order valence-corrected chi connectivity index (χ1v) is 6.58. The molecule has 1 aliphatic heterocycles. The molecule has 86 valence electrons. The lowest BCUT2D eigenvalue weighted by Crippen LogP contribution is -2.21. The molecule has 0 fully saturated rings. The van der Waals surface area contributed by atoms with Crippen LogP contribution in [0.25, 0.3) is 0 Å². The number of nitrogens with one attached hydrogen (secondary N) is 1. The summed E-state index contributed by atoms with van der Waals surface area (Å²) in [5.74, 6) is -0.953. The molecule has 0 bridgehead atoms. The Bertz CT molecular complexity index is 550. The number of carbonyl (C=O) groups is 1. The fourth-order valence-electron chi connectivity index (χ4n) is 1.79. The molecule has 0 aromatic heterocycles. The molecule has 0 saturated heterocycles. The van der Waals surface area contributed by atoms with Crippen molar-refractivity contribution in [2.45, 2.75) is 17.5 Å². The Balaban J connectivity index is 2.48. The monoisotopic (exact) mass is 241 g/mol. The Labute approximate surface area is 93.0 Å². The zero-order valence-corrected chi connectivity index (χ0v) is 9.41. The fraction of sp³-hybridized carbons (Fsp3) is 0.300. The van der Waals surface area contributed by atoms with E-state index in [2.05, 4.69) is 5.32 Å². The molecular formula is C10H11NO4S. The molecule has 1 aromatic rings. The van der Waals surface area contributed by atoms with Crippen molar-refractivity contribution in [3.8, 4) is 0 Å². The van der Waals surface area contributed by atoms with E-state index in [1.165, 1.54) is 12.1 Å². The third-order valence-corrected chi connectivity index (χ3v) is 3.71. The average molecular weight is 241 g/mol. The predicted molar refractivity (Wildman–Crippen MR) is 56.8 cm³/mol. The first-order valence-electron chi connectivity index (χ1n) is 4.68. The van der Waals surface area contributed by atoms with Crippen molar-refractivity contribution in [2.24, 2.45) is 0 Å². The number of rotatable bonds is 2. The molecule has 6 heteroatoms. The lowest BCUT2D eigenvalue weighted by Gasteiger charge is -2.06. The normalized spacial score (nSPS) is 19.4. The Morgan fingerprint density at radius 2 is 2.19 bits per heavy atom. The third kappa shape index (κ3) is 1.81. The molecule has 0 radical (unpaired) electrons. The second-order valence-corrected chi connectivity index (χ2v) is 5.80. The predicted octanol–water partition coefficient (Wildman–Crippen LogP) is 0.319. The second kappa shape index (κ2) is 3.57. The van der Waals surface area contributed by atoms with E-state index in [4.69, 9.17) is 5.11 Å². The summed E-state index contributed by atoms with van der Waals surface area (Å²) in [5.41, 5.74) is 1.37. The Morgan fingerprint density at radius 1 is 1.50 bits per heavy atom. The van der Waals surface area contributed by atoms with Crippen molar-refractivity contribution in [3.63, 3.8) is 0 Å². The smallest absolute Gasteiger partial charge is 0.325 e. The summed E-state index contributed by atoms with van der Waals surface area (Å²) >= 11 is 0. The van der Waals surface area contributed by atoms with E-state index in [-0.39, 0.29) is 4.90 Å². The number of carboxylic acids is 1. The molecule has 0 aliphatic carbocycles. The molecule has 0 spiro atoms. The van der Waals surface area contributed by atoms with Gasteiger partial charge in [-0.2, -0.15) is 0 Å². The van der Waals surface area contributed by atoms with Crippen molar-refractivity contribution >= 4 is 15.8 Å². The van der Waals surface area contributed by atoms with Crippen LogP contribution < -0.4 is 5.32 Å². The third-order valence-electron chi connectivity index (χ3n) is 2.60. The van der Waals surface area contributed by atoms with Crippen LogP contribution in [0.5, 0.6) is 0 Å². The summed E-state index contributed by atoms with van der Waals surface area (Å²) in [7, 11) is -3.24. The number of hydrogen-bond donors (Lipinski definition) is 2. The highest BCUT2D eigenvalue weighted by Crippen LogP contribution is 2.27. The van der Waals surface area contributed by atoms with E-state index in [1.807, 2.05) is 0 Å². The molecule has 2 N–H and O–H groups in total. The first kappa shape index (κ1) is 11.1. The molecule has 16 heavy (non-hydrogen) atoms. The van der Waals surface area contributed by atoms with Gasteiger partial charge in [-0.3, -0.25) is 10.1 Å². The quantitative estimate of drug-likeness (QED) is 0.779. The van der Waals surface area contributed by atoms with Gasteiger partial charge in [-0.15, -0.1) is 0 Å². The minimum absolute atomic E-state index is 0.221. The van der Waals surface area contributed by atoms with Gasteiger partial charge in [0, 0.05) is 12.8 Å². The number of sulfone groups is 1. The number of carboxylic acid groups (broad SMARTS) is 1. The van der Waals surface area contributed by atoms with Crippen molar-refractivity contribution in [1.29, 1.82) is 0 Å². The minimum atomic E-state index is -3.24. The van der Waals surface area contributed by atoms with E-state index in [9.17, 15) is 13.2 Å². The SMILES string of the molecule is CS(=O)(=O)c1ccc2c(c1)CNC2C(=O)O. The summed E-state index contributed by atoms with van der Waals surface area (Å²) in [5, 5.41) is 11.7. The minimum Gasteiger partial charge on any atom is -0.480 e. The molecule has 5 nitrogen and oxygen atoms in total. The van der Waals surface area contributed by atoms with Crippen LogP contribution in [-0.2, 0) is 21.2 Å². The molecule has 1 aromatic carbocycles. The largest absolute Gasteiger partial charge is 0.480 e. The van der Waals surface area contributed by atoms with Crippen LogP contribution in [-0.4, -0.2) is 25.7 Å². The van der Waals surface area contributed by atoms with Gasteiger partial charge < -0.3 is 5.11 Å². The average Bonchev–Trinajstić information content (AvgIpc) is 2.58.